The molecule has 0 spiro atoms. The summed E-state index contributed by atoms with van der Waals surface area (Å²) in [7, 11) is 0. The Morgan fingerprint density at radius 3 is 2.04 bits per heavy atom. The van der Waals surface area contributed by atoms with Crippen LogP contribution in [0, 0.1) is 5.41 Å². The van der Waals surface area contributed by atoms with E-state index < -0.39 is 17.4 Å². The number of unbranched alkanes of at least 4 members (excludes halogenated alkanes) is 4. The Morgan fingerprint density at radius 1 is 0.826 bits per heavy atom. The Bertz CT molecular complexity index is 336. The summed E-state index contributed by atoms with van der Waals surface area (Å²) in [4.78, 5) is 24.5. The van der Waals surface area contributed by atoms with Crippen molar-refractivity contribution in [2.75, 3.05) is 6.61 Å². The molecule has 0 amide bonds. The minimum atomic E-state index is -1.23. The molecule has 4 heteroatoms. The van der Waals surface area contributed by atoms with Crippen molar-refractivity contribution in [3.8, 4) is 0 Å². The molecule has 1 atom stereocenters. The standard InChI is InChI=1S/C19H36O4/c1-6-9-11-12-15-22-17(20)19(4,5)18(21)23-16(13-8-3)14-10-7-2/h16H,6-15H2,1-5H3. The van der Waals surface area contributed by atoms with Crippen LogP contribution >= 0.6 is 0 Å². The van der Waals surface area contributed by atoms with Crippen LogP contribution in [0.25, 0.3) is 0 Å². The zero-order valence-electron chi connectivity index (χ0n) is 15.8. The van der Waals surface area contributed by atoms with Crippen LogP contribution in [0.3, 0.4) is 0 Å². The van der Waals surface area contributed by atoms with Gasteiger partial charge in [-0.3, -0.25) is 9.59 Å². The Morgan fingerprint density at radius 2 is 1.48 bits per heavy atom. The topological polar surface area (TPSA) is 52.6 Å². The minimum absolute atomic E-state index is 0.0934. The number of carbonyl (C=O) groups is 2. The molecule has 0 heterocycles. The van der Waals surface area contributed by atoms with Crippen molar-refractivity contribution in [3.05, 3.63) is 0 Å². The highest BCUT2D eigenvalue weighted by molar-refractivity contribution is 5.99. The van der Waals surface area contributed by atoms with E-state index in [0.29, 0.717) is 6.61 Å². The third kappa shape index (κ3) is 8.97. The van der Waals surface area contributed by atoms with Gasteiger partial charge in [-0.05, 0) is 33.1 Å². The van der Waals surface area contributed by atoms with E-state index in [-0.39, 0.29) is 6.10 Å². The summed E-state index contributed by atoms with van der Waals surface area (Å²) in [5.74, 6) is -0.949. The van der Waals surface area contributed by atoms with Gasteiger partial charge < -0.3 is 9.47 Å². The van der Waals surface area contributed by atoms with Crippen molar-refractivity contribution in [3.63, 3.8) is 0 Å². The number of ether oxygens (including phenoxy) is 2. The van der Waals surface area contributed by atoms with Crippen LogP contribution in [0.1, 0.15) is 92.4 Å². The molecule has 136 valence electrons. The summed E-state index contributed by atoms with van der Waals surface area (Å²) in [5.41, 5.74) is -1.23. The molecule has 0 aromatic carbocycles. The van der Waals surface area contributed by atoms with E-state index in [1.54, 1.807) is 13.8 Å². The van der Waals surface area contributed by atoms with Crippen molar-refractivity contribution in [1.82, 2.24) is 0 Å². The van der Waals surface area contributed by atoms with Gasteiger partial charge >= 0.3 is 11.9 Å². The largest absolute Gasteiger partial charge is 0.465 e. The second kappa shape index (κ2) is 12.4. The lowest BCUT2D eigenvalue weighted by Crippen LogP contribution is -2.38. The summed E-state index contributed by atoms with van der Waals surface area (Å²) in [6, 6.07) is 0. The third-order valence-corrected chi connectivity index (χ3v) is 4.02. The van der Waals surface area contributed by atoms with E-state index in [2.05, 4.69) is 20.8 Å². The van der Waals surface area contributed by atoms with Crippen LogP contribution in [-0.4, -0.2) is 24.6 Å². The average Bonchev–Trinajstić information content (AvgIpc) is 2.52. The normalized spacial score (nSPS) is 12.7. The second-order valence-electron chi connectivity index (χ2n) is 6.78. The molecule has 0 rings (SSSR count). The van der Waals surface area contributed by atoms with Crippen molar-refractivity contribution >= 4 is 11.9 Å². The van der Waals surface area contributed by atoms with Gasteiger partial charge in [-0.15, -0.1) is 0 Å². The molecule has 0 aromatic heterocycles. The fourth-order valence-corrected chi connectivity index (χ4v) is 2.27. The first-order chi connectivity index (χ1) is 10.9. The van der Waals surface area contributed by atoms with Crippen LogP contribution in [-0.2, 0) is 19.1 Å². The molecular formula is C19H36O4. The predicted octanol–water partition coefficient (Wildman–Crippen LogP) is 5.04. The first-order valence-corrected chi connectivity index (χ1v) is 9.28. The quantitative estimate of drug-likeness (QED) is 0.270. The molecule has 0 fully saturated rings. The van der Waals surface area contributed by atoms with Crippen molar-refractivity contribution < 1.29 is 19.1 Å². The van der Waals surface area contributed by atoms with Gasteiger partial charge in [0.1, 0.15) is 6.10 Å². The lowest BCUT2D eigenvalue weighted by atomic mass is 9.93. The summed E-state index contributed by atoms with van der Waals surface area (Å²) in [6.45, 7) is 9.88. The molecule has 0 saturated carbocycles. The molecule has 23 heavy (non-hydrogen) atoms. The van der Waals surface area contributed by atoms with Gasteiger partial charge in [-0.2, -0.15) is 0 Å². The number of rotatable bonds is 13. The van der Waals surface area contributed by atoms with Crippen LogP contribution in [0.5, 0.6) is 0 Å². The fourth-order valence-electron chi connectivity index (χ4n) is 2.27. The second-order valence-corrected chi connectivity index (χ2v) is 6.78. The molecule has 1 unspecified atom stereocenters. The number of hydrogen-bond donors (Lipinski definition) is 0. The molecule has 4 nitrogen and oxygen atoms in total. The van der Waals surface area contributed by atoms with E-state index >= 15 is 0 Å². The molecule has 0 bridgehead atoms. The molecule has 0 radical (unpaired) electrons. The van der Waals surface area contributed by atoms with Crippen LogP contribution in [0.2, 0.25) is 0 Å². The molecule has 0 aromatic rings. The Balaban J connectivity index is 4.40. The molecule has 0 saturated heterocycles. The SMILES string of the molecule is CCCCCCOC(=O)C(C)(C)C(=O)OC(CCC)CCCC. The van der Waals surface area contributed by atoms with Crippen LogP contribution < -0.4 is 0 Å². The lowest BCUT2D eigenvalue weighted by molar-refractivity contribution is -0.173. The maximum Gasteiger partial charge on any atom is 0.323 e. The smallest absolute Gasteiger partial charge is 0.323 e. The average molecular weight is 328 g/mol. The maximum absolute atomic E-state index is 12.4. The minimum Gasteiger partial charge on any atom is -0.465 e. The number of carbonyl (C=O) groups excluding carboxylic acids is 2. The van der Waals surface area contributed by atoms with Crippen molar-refractivity contribution in [1.29, 1.82) is 0 Å². The molecule has 0 aliphatic rings. The van der Waals surface area contributed by atoms with Gasteiger partial charge in [0.05, 0.1) is 6.61 Å². The summed E-state index contributed by atoms with van der Waals surface area (Å²) < 4.78 is 10.8. The fraction of sp³-hybridized carbons (Fsp3) is 0.895. The van der Waals surface area contributed by atoms with Gasteiger partial charge in [-0.25, -0.2) is 0 Å². The maximum atomic E-state index is 12.4. The highest BCUT2D eigenvalue weighted by atomic mass is 16.6. The zero-order chi connectivity index (χ0) is 17.7. The summed E-state index contributed by atoms with van der Waals surface area (Å²) in [6.07, 6.45) is 8.84. The van der Waals surface area contributed by atoms with Gasteiger partial charge in [0.25, 0.3) is 0 Å². The van der Waals surface area contributed by atoms with Gasteiger partial charge in [-0.1, -0.05) is 59.3 Å². The highest BCUT2D eigenvalue weighted by Gasteiger charge is 2.40. The Kier molecular flexibility index (Phi) is 11.8. The molecular weight excluding hydrogens is 292 g/mol. The molecule has 0 N–H and O–H groups in total. The highest BCUT2D eigenvalue weighted by Crippen LogP contribution is 2.23. The lowest BCUT2D eigenvalue weighted by Gasteiger charge is -2.25. The van der Waals surface area contributed by atoms with Crippen molar-refractivity contribution in [2.45, 2.75) is 98.5 Å². The first kappa shape index (κ1) is 21.9. The predicted molar refractivity (Wildman–Crippen MR) is 93.2 cm³/mol. The Hall–Kier alpha value is -1.06. The van der Waals surface area contributed by atoms with Gasteiger partial charge in [0.15, 0.2) is 5.41 Å². The number of esters is 2. The van der Waals surface area contributed by atoms with E-state index in [1.807, 2.05) is 0 Å². The van der Waals surface area contributed by atoms with E-state index in [4.69, 9.17) is 9.47 Å². The van der Waals surface area contributed by atoms with Crippen LogP contribution in [0.15, 0.2) is 0 Å². The van der Waals surface area contributed by atoms with Crippen LogP contribution in [0.4, 0.5) is 0 Å². The zero-order valence-corrected chi connectivity index (χ0v) is 15.8. The molecule has 0 aliphatic heterocycles. The van der Waals surface area contributed by atoms with Crippen molar-refractivity contribution in [2.24, 2.45) is 5.41 Å². The Labute approximate surface area is 142 Å². The number of hydrogen-bond acceptors (Lipinski definition) is 4. The molecule has 0 aliphatic carbocycles. The van der Waals surface area contributed by atoms with E-state index in [1.165, 1.54) is 0 Å². The van der Waals surface area contributed by atoms with E-state index in [9.17, 15) is 9.59 Å². The third-order valence-electron chi connectivity index (χ3n) is 4.02. The van der Waals surface area contributed by atoms with E-state index in [0.717, 1.165) is 57.8 Å². The first-order valence-electron chi connectivity index (χ1n) is 9.28. The summed E-state index contributed by atoms with van der Waals surface area (Å²) in [5, 5.41) is 0. The van der Waals surface area contributed by atoms with Gasteiger partial charge in [0, 0.05) is 0 Å². The summed E-state index contributed by atoms with van der Waals surface area (Å²) >= 11 is 0. The van der Waals surface area contributed by atoms with Gasteiger partial charge in [0.2, 0.25) is 0 Å². The monoisotopic (exact) mass is 328 g/mol.